The zero-order valence-electron chi connectivity index (χ0n) is 15.0. The summed E-state index contributed by atoms with van der Waals surface area (Å²) in [4.78, 5) is 4.45. The maximum absolute atomic E-state index is 6.00. The molecule has 1 aromatic carbocycles. The van der Waals surface area contributed by atoms with Gasteiger partial charge in [0.1, 0.15) is 0 Å². The van der Waals surface area contributed by atoms with E-state index in [1.54, 1.807) is 7.11 Å². The van der Waals surface area contributed by atoms with Crippen LogP contribution in [0.4, 0.5) is 5.69 Å². The summed E-state index contributed by atoms with van der Waals surface area (Å²) in [6, 6.07) is 8.20. The minimum Gasteiger partial charge on any atom is -0.383 e. The molecule has 3 N–H and O–H groups in total. The maximum atomic E-state index is 6.00. The Morgan fingerprint density at radius 1 is 1.29 bits per heavy atom. The third kappa shape index (κ3) is 4.58. The summed E-state index contributed by atoms with van der Waals surface area (Å²) in [5.41, 5.74) is 11.4. The van der Waals surface area contributed by atoms with Crippen LogP contribution in [0, 0.1) is 13.8 Å². The number of aryl methyl sites for hydroxylation is 2. The lowest BCUT2D eigenvalue weighted by Gasteiger charge is -2.07. The van der Waals surface area contributed by atoms with Crippen LogP contribution in [0.2, 0.25) is 0 Å². The summed E-state index contributed by atoms with van der Waals surface area (Å²) in [5, 5.41) is 7.66. The molecule has 0 aliphatic heterocycles. The monoisotopic (exact) mass is 329 g/mol. The highest BCUT2D eigenvalue weighted by Gasteiger charge is 2.10. The van der Waals surface area contributed by atoms with Crippen molar-refractivity contribution in [3.05, 3.63) is 46.8 Å². The molecule has 2 aromatic rings. The Bertz CT molecular complexity index is 688. The Kier molecular flexibility index (Phi) is 6.37. The number of benzene rings is 1. The Morgan fingerprint density at radius 3 is 2.62 bits per heavy atom. The molecule has 0 saturated carbocycles. The number of methoxy groups -OCH3 is 1. The molecule has 0 amide bonds. The van der Waals surface area contributed by atoms with Gasteiger partial charge in [0.2, 0.25) is 0 Å². The second-order valence-electron chi connectivity index (χ2n) is 5.74. The normalized spacial score (nSPS) is 11.8. The van der Waals surface area contributed by atoms with Gasteiger partial charge in [0.05, 0.1) is 25.4 Å². The first-order valence-corrected chi connectivity index (χ1v) is 8.22. The Balaban J connectivity index is 2.02. The van der Waals surface area contributed by atoms with Gasteiger partial charge in [-0.2, -0.15) is 5.10 Å². The molecule has 24 heavy (non-hydrogen) atoms. The van der Waals surface area contributed by atoms with Crippen LogP contribution in [-0.2, 0) is 24.2 Å². The molecule has 1 heterocycles. The predicted octanol–water partition coefficient (Wildman–Crippen LogP) is 2.64. The fourth-order valence-corrected chi connectivity index (χ4v) is 2.53. The molecule has 1 aromatic heterocycles. The quantitative estimate of drug-likeness (QED) is 0.605. The van der Waals surface area contributed by atoms with Gasteiger partial charge in [-0.3, -0.25) is 4.68 Å². The van der Waals surface area contributed by atoms with Crippen LogP contribution in [0.15, 0.2) is 29.3 Å². The molecule has 2 rings (SSSR count). The molecular weight excluding hydrogens is 302 g/mol. The summed E-state index contributed by atoms with van der Waals surface area (Å²) in [6.45, 7) is 8.07. The zero-order chi connectivity index (χ0) is 17.5. The van der Waals surface area contributed by atoms with Crippen LogP contribution in [0.5, 0.6) is 0 Å². The van der Waals surface area contributed by atoms with E-state index in [0.717, 1.165) is 35.6 Å². The van der Waals surface area contributed by atoms with Crippen LogP contribution in [0.3, 0.4) is 0 Å². The second kappa shape index (κ2) is 8.49. The number of anilines is 1. The van der Waals surface area contributed by atoms with Crippen molar-refractivity contribution < 1.29 is 4.74 Å². The summed E-state index contributed by atoms with van der Waals surface area (Å²) in [6.07, 6.45) is 1.02. The minimum absolute atomic E-state index is 0.405. The van der Waals surface area contributed by atoms with Gasteiger partial charge in [0.15, 0.2) is 5.96 Å². The van der Waals surface area contributed by atoms with E-state index in [9.17, 15) is 0 Å². The van der Waals surface area contributed by atoms with Gasteiger partial charge in [-0.05, 0) is 38.0 Å². The van der Waals surface area contributed by atoms with E-state index in [-0.39, 0.29) is 0 Å². The van der Waals surface area contributed by atoms with E-state index in [4.69, 9.17) is 10.5 Å². The smallest absolute Gasteiger partial charge is 0.193 e. The van der Waals surface area contributed by atoms with Crippen LogP contribution < -0.4 is 11.1 Å². The van der Waals surface area contributed by atoms with Gasteiger partial charge in [-0.15, -0.1) is 0 Å². The van der Waals surface area contributed by atoms with Crippen molar-refractivity contribution in [2.45, 2.75) is 40.3 Å². The average Bonchev–Trinajstić information content (AvgIpc) is 2.85. The first-order chi connectivity index (χ1) is 11.5. The lowest BCUT2D eigenvalue weighted by atomic mass is 10.1. The van der Waals surface area contributed by atoms with Crippen molar-refractivity contribution in [2.75, 3.05) is 19.0 Å². The summed E-state index contributed by atoms with van der Waals surface area (Å²) >= 11 is 0. The lowest BCUT2D eigenvalue weighted by molar-refractivity contribution is 0.182. The Morgan fingerprint density at radius 2 is 2.00 bits per heavy atom. The topological polar surface area (TPSA) is 77.5 Å². The number of guanidine groups is 1. The SMILES string of the molecule is CCc1ccc(NC(N)=NCc2c(C)nn(CCOC)c2C)cc1. The van der Waals surface area contributed by atoms with Crippen LogP contribution in [0.1, 0.15) is 29.4 Å². The van der Waals surface area contributed by atoms with E-state index < -0.39 is 0 Å². The summed E-state index contributed by atoms with van der Waals surface area (Å²) in [7, 11) is 1.69. The molecule has 0 atom stereocenters. The van der Waals surface area contributed by atoms with Crippen LogP contribution in [-0.4, -0.2) is 29.5 Å². The highest BCUT2D eigenvalue weighted by atomic mass is 16.5. The number of hydrogen-bond acceptors (Lipinski definition) is 3. The van der Waals surface area contributed by atoms with Crippen molar-refractivity contribution in [3.8, 4) is 0 Å². The third-order valence-corrected chi connectivity index (χ3v) is 4.08. The number of ether oxygens (including phenoxy) is 1. The number of nitrogens with zero attached hydrogens (tertiary/aromatic N) is 3. The number of hydrogen-bond donors (Lipinski definition) is 2. The van der Waals surface area contributed by atoms with Gasteiger partial charge in [-0.1, -0.05) is 19.1 Å². The van der Waals surface area contributed by atoms with Crippen molar-refractivity contribution in [2.24, 2.45) is 10.7 Å². The summed E-state index contributed by atoms with van der Waals surface area (Å²) < 4.78 is 7.07. The Hall–Kier alpha value is -2.34. The molecule has 6 nitrogen and oxygen atoms in total. The third-order valence-electron chi connectivity index (χ3n) is 4.08. The molecule has 130 valence electrons. The molecule has 6 heteroatoms. The van der Waals surface area contributed by atoms with Gasteiger partial charge < -0.3 is 15.8 Å². The molecular formula is C18H27N5O. The highest BCUT2D eigenvalue weighted by molar-refractivity contribution is 5.92. The van der Waals surface area contributed by atoms with Crippen molar-refractivity contribution in [1.82, 2.24) is 9.78 Å². The molecule has 0 saturated heterocycles. The largest absolute Gasteiger partial charge is 0.383 e. The molecule has 0 fully saturated rings. The van der Waals surface area contributed by atoms with E-state index in [1.807, 2.05) is 30.7 Å². The standard InChI is InChI=1S/C18H27N5O/c1-5-15-6-8-16(9-7-15)21-18(19)20-12-17-13(2)22-23(14(17)3)10-11-24-4/h6-9H,5,10-12H2,1-4H3,(H3,19,20,21). The van der Waals surface area contributed by atoms with Gasteiger partial charge in [-0.25, -0.2) is 4.99 Å². The molecule has 0 unspecified atom stereocenters. The van der Waals surface area contributed by atoms with Crippen molar-refractivity contribution in [1.29, 1.82) is 0 Å². The number of nitrogens with two attached hydrogens (primary N) is 1. The number of rotatable bonds is 7. The first-order valence-electron chi connectivity index (χ1n) is 8.22. The highest BCUT2D eigenvalue weighted by Crippen LogP contribution is 2.15. The zero-order valence-corrected chi connectivity index (χ0v) is 15.0. The fourth-order valence-electron chi connectivity index (χ4n) is 2.53. The molecule has 0 aliphatic carbocycles. The second-order valence-corrected chi connectivity index (χ2v) is 5.74. The van der Waals surface area contributed by atoms with E-state index in [2.05, 4.69) is 34.5 Å². The van der Waals surface area contributed by atoms with Gasteiger partial charge in [0, 0.05) is 24.1 Å². The Labute approximate surface area is 143 Å². The van der Waals surface area contributed by atoms with E-state index in [0.29, 0.717) is 19.1 Å². The van der Waals surface area contributed by atoms with E-state index >= 15 is 0 Å². The number of aliphatic imine (C=N–C) groups is 1. The van der Waals surface area contributed by atoms with E-state index in [1.165, 1.54) is 5.56 Å². The van der Waals surface area contributed by atoms with Crippen molar-refractivity contribution in [3.63, 3.8) is 0 Å². The minimum atomic E-state index is 0.405. The molecule has 0 aliphatic rings. The number of nitrogens with one attached hydrogen (secondary N) is 1. The molecule has 0 spiro atoms. The first kappa shape index (κ1) is 18.0. The maximum Gasteiger partial charge on any atom is 0.193 e. The van der Waals surface area contributed by atoms with Crippen LogP contribution in [0.25, 0.3) is 0 Å². The predicted molar refractivity (Wildman–Crippen MR) is 98.3 cm³/mol. The number of aromatic nitrogens is 2. The molecule has 0 radical (unpaired) electrons. The fraction of sp³-hybridized carbons (Fsp3) is 0.444. The molecule has 0 bridgehead atoms. The average molecular weight is 329 g/mol. The van der Waals surface area contributed by atoms with Crippen molar-refractivity contribution >= 4 is 11.6 Å². The van der Waals surface area contributed by atoms with Crippen LogP contribution >= 0.6 is 0 Å². The van der Waals surface area contributed by atoms with Gasteiger partial charge in [0.25, 0.3) is 0 Å². The van der Waals surface area contributed by atoms with Gasteiger partial charge >= 0.3 is 0 Å². The lowest BCUT2D eigenvalue weighted by Crippen LogP contribution is -2.22. The summed E-state index contributed by atoms with van der Waals surface area (Å²) in [5.74, 6) is 0.405.